The van der Waals surface area contributed by atoms with Crippen molar-refractivity contribution in [3.63, 3.8) is 0 Å². The van der Waals surface area contributed by atoms with Crippen LogP contribution in [0.4, 0.5) is 14.5 Å². The van der Waals surface area contributed by atoms with Gasteiger partial charge in [0.05, 0.1) is 0 Å². The Labute approximate surface area is 144 Å². The molecule has 1 N–H and O–H groups in total. The van der Waals surface area contributed by atoms with Gasteiger partial charge in [0.2, 0.25) is 6.29 Å². The molecule has 2 aromatic rings. The van der Waals surface area contributed by atoms with Gasteiger partial charge in [0.25, 0.3) is 5.91 Å². The second-order valence-corrected chi connectivity index (χ2v) is 5.23. The third kappa shape index (κ3) is 5.15. The molecule has 6 heteroatoms. The highest BCUT2D eigenvalue weighted by Crippen LogP contribution is 2.23. The van der Waals surface area contributed by atoms with E-state index >= 15 is 0 Å². The van der Waals surface area contributed by atoms with Crippen LogP contribution in [0.15, 0.2) is 42.5 Å². The maximum absolute atomic E-state index is 14.2. The molecule has 0 heterocycles. The van der Waals surface area contributed by atoms with Crippen molar-refractivity contribution in [2.75, 3.05) is 25.0 Å². The van der Waals surface area contributed by atoms with Gasteiger partial charge in [-0.2, -0.15) is 0 Å². The van der Waals surface area contributed by atoms with Crippen LogP contribution in [0.3, 0.4) is 0 Å². The monoisotopic (exact) mass is 342 g/mol. The van der Waals surface area contributed by atoms with Crippen molar-refractivity contribution in [1.29, 1.82) is 0 Å². The summed E-state index contributed by atoms with van der Waals surface area (Å²) in [5, 5.41) is 2.31. The minimum Gasteiger partial charge on any atom is -0.368 e. The van der Waals surface area contributed by atoms with Gasteiger partial charge < -0.3 is 10.2 Å². The summed E-state index contributed by atoms with van der Waals surface area (Å²) >= 11 is 0. The number of nitrogens with zero attached hydrogens (tertiary/aromatic N) is 1. The number of nitrogens with one attached hydrogen (secondary N) is 1. The van der Waals surface area contributed by atoms with E-state index in [1.165, 1.54) is 11.9 Å². The molecule has 1 amide bonds. The Morgan fingerprint density at radius 3 is 2.32 bits per heavy atom. The predicted octanol–water partition coefficient (Wildman–Crippen LogP) is 2.12. The normalized spacial score (nSPS) is 9.72. The Morgan fingerprint density at radius 2 is 1.72 bits per heavy atom. The lowest BCUT2D eigenvalue weighted by Crippen LogP contribution is -2.34. The molecule has 0 unspecified atom stereocenters. The summed E-state index contributed by atoms with van der Waals surface area (Å²) in [6, 6.07) is 11.4. The van der Waals surface area contributed by atoms with Crippen LogP contribution in [0.5, 0.6) is 0 Å². The highest BCUT2D eigenvalue weighted by molar-refractivity contribution is 6.23. The lowest BCUT2D eigenvalue weighted by Gasteiger charge is -2.20. The summed E-state index contributed by atoms with van der Waals surface area (Å²) in [5.74, 6) is 3.30. The molecule has 25 heavy (non-hydrogen) atoms. The Balaban J connectivity index is 2.13. The summed E-state index contributed by atoms with van der Waals surface area (Å²) in [7, 11) is 1.49. The van der Waals surface area contributed by atoms with Crippen LogP contribution < -0.4 is 10.2 Å². The average Bonchev–Trinajstić information content (AvgIpc) is 2.60. The number of halogens is 2. The Hall–Kier alpha value is -3.20. The molecule has 2 aromatic carbocycles. The van der Waals surface area contributed by atoms with E-state index in [0.717, 1.165) is 17.7 Å². The minimum absolute atomic E-state index is 0.0858. The molecular weight excluding hydrogens is 326 g/mol. The van der Waals surface area contributed by atoms with Gasteiger partial charge in [-0.3, -0.25) is 9.59 Å². The first-order valence-corrected chi connectivity index (χ1v) is 7.51. The van der Waals surface area contributed by atoms with Crippen molar-refractivity contribution < 1.29 is 18.4 Å². The fraction of sp³-hybridized carbons (Fsp3) is 0.158. The van der Waals surface area contributed by atoms with Gasteiger partial charge in [-0.05, 0) is 24.3 Å². The summed E-state index contributed by atoms with van der Waals surface area (Å²) in [4.78, 5) is 22.4. The van der Waals surface area contributed by atoms with Crippen LogP contribution in [0.25, 0.3) is 0 Å². The first-order valence-electron chi connectivity index (χ1n) is 7.51. The molecule has 0 aromatic heterocycles. The van der Waals surface area contributed by atoms with Crippen molar-refractivity contribution >= 4 is 17.9 Å². The molecule has 0 radical (unpaired) electrons. The minimum atomic E-state index is -0.777. The first-order chi connectivity index (χ1) is 12.0. The van der Waals surface area contributed by atoms with Gasteiger partial charge in [-0.25, -0.2) is 8.78 Å². The highest BCUT2D eigenvalue weighted by atomic mass is 19.1. The second-order valence-electron chi connectivity index (χ2n) is 5.23. The SMILES string of the molecule is CN(CCNC(=O)C=O)c1c(F)cc(C#Cc2ccccc2)cc1F. The van der Waals surface area contributed by atoms with Crippen LogP contribution in [0.1, 0.15) is 11.1 Å². The molecule has 128 valence electrons. The molecule has 0 saturated heterocycles. The third-order valence-electron chi connectivity index (χ3n) is 3.38. The molecule has 0 bridgehead atoms. The molecule has 2 rings (SSSR count). The quantitative estimate of drug-likeness (QED) is 0.514. The molecule has 4 nitrogen and oxygen atoms in total. The molecule has 0 saturated carbocycles. The summed E-state index contributed by atoms with van der Waals surface area (Å²) in [6.45, 7) is 0.227. The van der Waals surface area contributed by atoms with Crippen molar-refractivity contribution in [2.45, 2.75) is 0 Å². The number of anilines is 1. The molecule has 0 fully saturated rings. The smallest absolute Gasteiger partial charge is 0.284 e. The second kappa shape index (κ2) is 8.60. The van der Waals surface area contributed by atoms with E-state index in [1.54, 1.807) is 12.1 Å². The fourth-order valence-corrected chi connectivity index (χ4v) is 2.17. The van der Waals surface area contributed by atoms with Gasteiger partial charge in [0.1, 0.15) is 5.69 Å². The summed E-state index contributed by atoms with van der Waals surface area (Å²) in [6.07, 6.45) is 0.140. The number of carbonyl (C=O) groups is 2. The highest BCUT2D eigenvalue weighted by Gasteiger charge is 2.15. The summed E-state index contributed by atoms with van der Waals surface area (Å²) < 4.78 is 28.5. The zero-order valence-electron chi connectivity index (χ0n) is 13.6. The molecular formula is C19H16F2N2O2. The lowest BCUT2D eigenvalue weighted by molar-refractivity contribution is -0.131. The van der Waals surface area contributed by atoms with Crippen LogP contribution in [-0.2, 0) is 9.59 Å². The van der Waals surface area contributed by atoms with E-state index in [0.29, 0.717) is 0 Å². The van der Waals surface area contributed by atoms with Crippen LogP contribution in [0.2, 0.25) is 0 Å². The van der Waals surface area contributed by atoms with Crippen molar-refractivity contribution in [3.05, 3.63) is 65.2 Å². The summed E-state index contributed by atoms with van der Waals surface area (Å²) in [5.41, 5.74) is 0.756. The number of amides is 1. The zero-order valence-corrected chi connectivity index (χ0v) is 13.6. The van der Waals surface area contributed by atoms with Crippen molar-refractivity contribution in [3.8, 4) is 11.8 Å². The predicted molar refractivity (Wildman–Crippen MR) is 91.1 cm³/mol. The largest absolute Gasteiger partial charge is 0.368 e. The van der Waals surface area contributed by atoms with Gasteiger partial charge in [-0.15, -0.1) is 0 Å². The third-order valence-corrected chi connectivity index (χ3v) is 3.38. The first kappa shape index (κ1) is 18.1. The fourth-order valence-electron chi connectivity index (χ4n) is 2.17. The van der Waals surface area contributed by atoms with Crippen LogP contribution >= 0.6 is 0 Å². The van der Waals surface area contributed by atoms with E-state index < -0.39 is 17.5 Å². The number of hydrogen-bond donors (Lipinski definition) is 1. The number of hydrogen-bond acceptors (Lipinski definition) is 3. The molecule has 0 aliphatic rings. The number of likely N-dealkylation sites (N-methyl/N-ethyl adjacent to an activating group) is 1. The average molecular weight is 342 g/mol. The Bertz CT molecular complexity index is 803. The van der Waals surface area contributed by atoms with Crippen LogP contribution in [0, 0.1) is 23.5 Å². The van der Waals surface area contributed by atoms with E-state index in [-0.39, 0.29) is 30.6 Å². The van der Waals surface area contributed by atoms with E-state index in [9.17, 15) is 18.4 Å². The van der Waals surface area contributed by atoms with E-state index in [1.807, 2.05) is 18.2 Å². The maximum Gasteiger partial charge on any atom is 0.284 e. The number of benzene rings is 2. The van der Waals surface area contributed by atoms with Gasteiger partial charge in [-0.1, -0.05) is 30.0 Å². The van der Waals surface area contributed by atoms with Gasteiger partial charge in [0.15, 0.2) is 11.6 Å². The maximum atomic E-state index is 14.2. The van der Waals surface area contributed by atoms with E-state index in [2.05, 4.69) is 17.2 Å². The standard InChI is InChI=1S/C19H16F2N2O2/c1-23(10-9-22-18(25)13-24)19-16(20)11-15(12-17(19)21)8-7-14-5-3-2-4-6-14/h2-6,11-13H,9-10H2,1H3,(H,22,25). The van der Waals surface area contributed by atoms with Gasteiger partial charge >= 0.3 is 0 Å². The lowest BCUT2D eigenvalue weighted by atomic mass is 10.1. The zero-order chi connectivity index (χ0) is 18.2. The molecule has 0 aliphatic heterocycles. The van der Waals surface area contributed by atoms with Crippen molar-refractivity contribution in [1.82, 2.24) is 5.32 Å². The molecule has 0 spiro atoms. The van der Waals surface area contributed by atoms with Gasteiger partial charge in [0, 0.05) is 31.3 Å². The number of aldehydes is 1. The molecule has 0 atom stereocenters. The Kier molecular flexibility index (Phi) is 6.24. The topological polar surface area (TPSA) is 49.4 Å². The Morgan fingerprint density at radius 1 is 1.12 bits per heavy atom. The number of rotatable bonds is 5. The molecule has 0 aliphatic carbocycles. The van der Waals surface area contributed by atoms with E-state index in [4.69, 9.17) is 0 Å². The van der Waals surface area contributed by atoms with Crippen LogP contribution in [-0.4, -0.2) is 32.3 Å². The van der Waals surface area contributed by atoms with Crippen molar-refractivity contribution in [2.24, 2.45) is 0 Å². The number of carbonyl (C=O) groups excluding carboxylic acids is 2.